The van der Waals surface area contributed by atoms with Gasteiger partial charge in [0.2, 0.25) is 0 Å². The molecule has 0 heterocycles. The van der Waals surface area contributed by atoms with Crippen LogP contribution in [0.2, 0.25) is 0 Å². The van der Waals surface area contributed by atoms with Gasteiger partial charge in [-0.15, -0.1) is 0 Å². The number of ether oxygens (including phenoxy) is 2. The summed E-state index contributed by atoms with van der Waals surface area (Å²) in [6, 6.07) is 15.7. The van der Waals surface area contributed by atoms with E-state index in [1.807, 2.05) is 48.5 Å². The lowest BCUT2D eigenvalue weighted by atomic mass is 9.66. The van der Waals surface area contributed by atoms with Crippen molar-refractivity contribution in [3.05, 3.63) is 59.7 Å². The SMILES string of the molecule is COc1ccc(CC2(Cc3ccc(OC)cc3)CC(=O)CC(=O)C2)cc1. The van der Waals surface area contributed by atoms with Crippen LogP contribution in [-0.2, 0) is 22.4 Å². The Morgan fingerprint density at radius 1 is 0.731 bits per heavy atom. The Labute approximate surface area is 154 Å². The van der Waals surface area contributed by atoms with Crippen molar-refractivity contribution in [1.82, 2.24) is 0 Å². The Bertz CT molecular complexity index is 707. The summed E-state index contributed by atoms with van der Waals surface area (Å²) in [5, 5.41) is 0. The van der Waals surface area contributed by atoms with E-state index in [0.29, 0.717) is 25.7 Å². The fourth-order valence-electron chi connectivity index (χ4n) is 3.91. The van der Waals surface area contributed by atoms with E-state index in [1.54, 1.807) is 14.2 Å². The van der Waals surface area contributed by atoms with Crippen LogP contribution >= 0.6 is 0 Å². The summed E-state index contributed by atoms with van der Waals surface area (Å²) in [4.78, 5) is 24.4. The highest BCUT2D eigenvalue weighted by atomic mass is 16.5. The van der Waals surface area contributed by atoms with Gasteiger partial charge in [-0.2, -0.15) is 0 Å². The predicted octanol–water partition coefficient (Wildman–Crippen LogP) is 3.80. The molecule has 1 fully saturated rings. The highest BCUT2D eigenvalue weighted by molar-refractivity contribution is 6.02. The summed E-state index contributed by atoms with van der Waals surface area (Å²) in [7, 11) is 3.28. The molecule has 0 N–H and O–H groups in total. The molecular weight excluding hydrogens is 328 g/mol. The van der Waals surface area contributed by atoms with Crippen LogP contribution in [0, 0.1) is 5.41 Å². The van der Waals surface area contributed by atoms with Crippen LogP contribution in [0.1, 0.15) is 30.4 Å². The van der Waals surface area contributed by atoms with Gasteiger partial charge in [0.1, 0.15) is 23.1 Å². The normalized spacial score (nSPS) is 16.4. The maximum absolute atomic E-state index is 12.2. The van der Waals surface area contributed by atoms with Crippen LogP contribution in [0.5, 0.6) is 11.5 Å². The molecule has 0 unspecified atom stereocenters. The predicted molar refractivity (Wildman–Crippen MR) is 99.7 cm³/mol. The maximum atomic E-state index is 12.2. The molecule has 0 spiro atoms. The van der Waals surface area contributed by atoms with Gasteiger partial charge in [-0.3, -0.25) is 9.59 Å². The van der Waals surface area contributed by atoms with Gasteiger partial charge in [0.15, 0.2) is 0 Å². The first-order valence-electron chi connectivity index (χ1n) is 8.81. The van der Waals surface area contributed by atoms with E-state index in [2.05, 4.69) is 0 Å². The fourth-order valence-corrected chi connectivity index (χ4v) is 3.91. The number of hydrogen-bond acceptors (Lipinski definition) is 4. The second-order valence-corrected chi connectivity index (χ2v) is 7.16. The molecule has 3 rings (SSSR count). The van der Waals surface area contributed by atoms with Gasteiger partial charge in [0.25, 0.3) is 0 Å². The van der Waals surface area contributed by atoms with E-state index in [9.17, 15) is 9.59 Å². The Morgan fingerprint density at radius 3 is 1.46 bits per heavy atom. The van der Waals surface area contributed by atoms with Crippen molar-refractivity contribution >= 4 is 11.6 Å². The Balaban J connectivity index is 1.87. The molecule has 0 aliphatic heterocycles. The van der Waals surface area contributed by atoms with Crippen molar-refractivity contribution in [2.75, 3.05) is 14.2 Å². The van der Waals surface area contributed by atoms with Crippen LogP contribution in [0.25, 0.3) is 0 Å². The molecule has 1 saturated carbocycles. The Morgan fingerprint density at radius 2 is 1.12 bits per heavy atom. The zero-order chi connectivity index (χ0) is 18.6. The molecule has 0 amide bonds. The van der Waals surface area contributed by atoms with E-state index in [-0.39, 0.29) is 23.4 Å². The topological polar surface area (TPSA) is 52.6 Å². The molecule has 2 aromatic rings. The average Bonchev–Trinajstić information content (AvgIpc) is 2.62. The molecule has 136 valence electrons. The molecular formula is C22H24O4. The third kappa shape index (κ3) is 4.31. The minimum Gasteiger partial charge on any atom is -0.497 e. The molecule has 4 nitrogen and oxygen atoms in total. The van der Waals surface area contributed by atoms with Crippen molar-refractivity contribution in [3.63, 3.8) is 0 Å². The first-order chi connectivity index (χ1) is 12.5. The summed E-state index contributed by atoms with van der Waals surface area (Å²) in [5.41, 5.74) is 1.86. The van der Waals surface area contributed by atoms with Crippen molar-refractivity contribution in [3.8, 4) is 11.5 Å². The second-order valence-electron chi connectivity index (χ2n) is 7.16. The lowest BCUT2D eigenvalue weighted by Gasteiger charge is -2.36. The van der Waals surface area contributed by atoms with Crippen LogP contribution in [0.3, 0.4) is 0 Å². The summed E-state index contributed by atoms with van der Waals surface area (Å²) >= 11 is 0. The number of methoxy groups -OCH3 is 2. The van der Waals surface area contributed by atoms with Crippen molar-refractivity contribution in [2.24, 2.45) is 5.41 Å². The van der Waals surface area contributed by atoms with Gasteiger partial charge < -0.3 is 9.47 Å². The molecule has 0 atom stereocenters. The van der Waals surface area contributed by atoms with Crippen molar-refractivity contribution < 1.29 is 19.1 Å². The molecule has 0 aromatic heterocycles. The summed E-state index contributed by atoms with van der Waals surface area (Å²) in [6.07, 6.45) is 2.35. The Hall–Kier alpha value is -2.62. The molecule has 2 aromatic carbocycles. The quantitative estimate of drug-likeness (QED) is 0.742. The smallest absolute Gasteiger partial charge is 0.140 e. The lowest BCUT2D eigenvalue weighted by Crippen LogP contribution is -2.37. The third-order valence-corrected chi connectivity index (χ3v) is 5.02. The van der Waals surface area contributed by atoms with Crippen LogP contribution in [-0.4, -0.2) is 25.8 Å². The zero-order valence-electron chi connectivity index (χ0n) is 15.3. The van der Waals surface area contributed by atoms with Crippen molar-refractivity contribution in [2.45, 2.75) is 32.1 Å². The largest absolute Gasteiger partial charge is 0.497 e. The molecule has 1 aliphatic rings. The standard InChI is InChI=1S/C22H24O4/c1-25-20-7-3-16(4-8-20)12-22(14-18(23)11-19(24)15-22)13-17-5-9-21(26-2)10-6-17/h3-10H,11-15H2,1-2H3. The first kappa shape index (κ1) is 18.2. The van der Waals surface area contributed by atoms with Crippen LogP contribution in [0.15, 0.2) is 48.5 Å². The highest BCUT2D eigenvalue weighted by Crippen LogP contribution is 2.40. The number of Topliss-reactive ketones (excluding diaryl/α,β-unsaturated/α-hetero) is 2. The van der Waals surface area contributed by atoms with Gasteiger partial charge in [-0.25, -0.2) is 0 Å². The number of benzene rings is 2. The molecule has 0 saturated heterocycles. The first-order valence-corrected chi connectivity index (χ1v) is 8.81. The summed E-state index contributed by atoms with van der Waals surface area (Å²) in [6.45, 7) is 0. The van der Waals surface area contributed by atoms with E-state index in [0.717, 1.165) is 22.6 Å². The summed E-state index contributed by atoms with van der Waals surface area (Å²) < 4.78 is 10.4. The fraction of sp³-hybridized carbons (Fsp3) is 0.364. The minimum absolute atomic E-state index is 0.0447. The zero-order valence-corrected chi connectivity index (χ0v) is 15.3. The van der Waals surface area contributed by atoms with E-state index in [1.165, 1.54) is 0 Å². The third-order valence-electron chi connectivity index (χ3n) is 5.02. The van der Waals surface area contributed by atoms with E-state index >= 15 is 0 Å². The molecule has 26 heavy (non-hydrogen) atoms. The maximum Gasteiger partial charge on any atom is 0.140 e. The molecule has 4 heteroatoms. The summed E-state index contributed by atoms with van der Waals surface area (Å²) in [5.74, 6) is 1.69. The molecule has 1 aliphatic carbocycles. The number of ketones is 2. The van der Waals surface area contributed by atoms with Gasteiger partial charge in [0, 0.05) is 12.8 Å². The van der Waals surface area contributed by atoms with E-state index < -0.39 is 0 Å². The number of carbonyl (C=O) groups is 2. The lowest BCUT2D eigenvalue weighted by molar-refractivity contribution is -0.134. The van der Waals surface area contributed by atoms with Gasteiger partial charge in [-0.05, 0) is 53.6 Å². The number of carbonyl (C=O) groups excluding carboxylic acids is 2. The molecule has 0 bridgehead atoms. The minimum atomic E-state index is -0.365. The van der Waals surface area contributed by atoms with Crippen LogP contribution < -0.4 is 9.47 Å². The number of rotatable bonds is 6. The second kappa shape index (κ2) is 7.73. The average molecular weight is 352 g/mol. The molecule has 0 radical (unpaired) electrons. The van der Waals surface area contributed by atoms with E-state index in [4.69, 9.17) is 9.47 Å². The van der Waals surface area contributed by atoms with Crippen molar-refractivity contribution in [1.29, 1.82) is 0 Å². The van der Waals surface area contributed by atoms with Gasteiger partial charge >= 0.3 is 0 Å². The Kier molecular flexibility index (Phi) is 5.40. The number of hydrogen-bond donors (Lipinski definition) is 0. The van der Waals surface area contributed by atoms with Crippen LogP contribution in [0.4, 0.5) is 0 Å². The highest BCUT2D eigenvalue weighted by Gasteiger charge is 2.39. The van der Waals surface area contributed by atoms with Gasteiger partial charge in [0.05, 0.1) is 20.6 Å². The monoisotopic (exact) mass is 352 g/mol. The van der Waals surface area contributed by atoms with Gasteiger partial charge in [-0.1, -0.05) is 24.3 Å².